The summed E-state index contributed by atoms with van der Waals surface area (Å²) in [5.41, 5.74) is 0.869. The first-order chi connectivity index (χ1) is 12.3. The Labute approximate surface area is 147 Å². The number of hydrogen-bond donors (Lipinski definition) is 0. The van der Waals surface area contributed by atoms with Crippen LogP contribution in [0.3, 0.4) is 0 Å². The molecule has 0 N–H and O–H groups in total. The summed E-state index contributed by atoms with van der Waals surface area (Å²) >= 11 is 0. The number of likely N-dealkylation sites (tertiary alicyclic amines) is 1. The van der Waals surface area contributed by atoms with E-state index in [0.717, 1.165) is 12.1 Å². The van der Waals surface area contributed by atoms with Crippen molar-refractivity contribution in [1.29, 1.82) is 0 Å². The van der Waals surface area contributed by atoms with Crippen molar-refractivity contribution in [2.24, 2.45) is 0 Å². The summed E-state index contributed by atoms with van der Waals surface area (Å²) in [7, 11) is 1.68. The average Bonchev–Trinajstić information content (AvgIpc) is 3.09. The van der Waals surface area contributed by atoms with E-state index < -0.39 is 0 Å². The Kier molecular flexibility index (Phi) is 5.90. The van der Waals surface area contributed by atoms with Crippen LogP contribution < -0.4 is 4.74 Å². The smallest absolute Gasteiger partial charge is 0.223 e. The molecule has 25 heavy (non-hydrogen) atoms. The highest BCUT2D eigenvalue weighted by Crippen LogP contribution is 2.22. The van der Waals surface area contributed by atoms with Crippen molar-refractivity contribution >= 4 is 5.91 Å². The van der Waals surface area contributed by atoms with Crippen molar-refractivity contribution in [2.75, 3.05) is 20.3 Å². The molecule has 1 saturated heterocycles. The lowest BCUT2D eigenvalue weighted by atomic mass is 10.2. The number of pyridine rings is 1. The lowest BCUT2D eigenvalue weighted by molar-refractivity contribution is -0.132. The van der Waals surface area contributed by atoms with Crippen LogP contribution in [0.4, 0.5) is 0 Å². The summed E-state index contributed by atoms with van der Waals surface area (Å²) < 4.78 is 11.2. The predicted octanol–water partition coefficient (Wildman–Crippen LogP) is 1.50. The average molecular weight is 342 g/mol. The van der Waals surface area contributed by atoms with Gasteiger partial charge in [-0.15, -0.1) is 0 Å². The lowest BCUT2D eigenvalue weighted by Crippen LogP contribution is -2.39. The van der Waals surface area contributed by atoms with Crippen LogP contribution in [0.25, 0.3) is 0 Å². The summed E-state index contributed by atoms with van der Waals surface area (Å²) in [6.07, 6.45) is 8.40. The largest absolute Gasteiger partial charge is 0.490 e. The molecule has 0 aliphatic carbocycles. The molecule has 7 nitrogen and oxygen atoms in total. The van der Waals surface area contributed by atoms with E-state index >= 15 is 0 Å². The zero-order valence-corrected chi connectivity index (χ0v) is 14.2. The first-order valence-electron chi connectivity index (χ1n) is 8.36. The monoisotopic (exact) mass is 342 g/mol. The molecular weight excluding hydrogens is 320 g/mol. The van der Waals surface area contributed by atoms with Crippen molar-refractivity contribution in [3.05, 3.63) is 48.8 Å². The van der Waals surface area contributed by atoms with Crippen molar-refractivity contribution in [2.45, 2.75) is 31.4 Å². The van der Waals surface area contributed by atoms with E-state index in [9.17, 15) is 4.79 Å². The third-order valence-electron chi connectivity index (χ3n) is 4.34. The van der Waals surface area contributed by atoms with Gasteiger partial charge in [-0.2, -0.15) is 0 Å². The van der Waals surface area contributed by atoms with Gasteiger partial charge < -0.3 is 14.4 Å². The highest BCUT2D eigenvalue weighted by atomic mass is 16.5. The zero-order valence-electron chi connectivity index (χ0n) is 14.2. The Morgan fingerprint density at radius 2 is 2.24 bits per heavy atom. The highest BCUT2D eigenvalue weighted by molar-refractivity contribution is 5.77. The van der Waals surface area contributed by atoms with Gasteiger partial charge in [0.1, 0.15) is 18.7 Å². The third-order valence-corrected chi connectivity index (χ3v) is 4.34. The van der Waals surface area contributed by atoms with Gasteiger partial charge in [-0.3, -0.25) is 9.78 Å². The van der Waals surface area contributed by atoms with Gasteiger partial charge in [-0.05, 0) is 31.0 Å². The Balaban J connectivity index is 1.57. The number of ether oxygens (including phenoxy) is 2. The Bertz CT molecular complexity index is 669. The topological polar surface area (TPSA) is 77.4 Å². The van der Waals surface area contributed by atoms with E-state index in [2.05, 4.69) is 15.0 Å². The van der Waals surface area contributed by atoms with Crippen LogP contribution in [0.5, 0.6) is 5.75 Å². The molecule has 0 spiro atoms. The maximum absolute atomic E-state index is 12.7. The van der Waals surface area contributed by atoms with E-state index in [1.165, 1.54) is 6.33 Å². The SMILES string of the molecule is CO[C@@H]1C[C@@H](COc2cccnc2)N(C(=O)CCc2ccncn2)C1. The number of aryl methyl sites for hydroxylation is 1. The van der Waals surface area contributed by atoms with Gasteiger partial charge in [0, 0.05) is 38.2 Å². The minimum Gasteiger partial charge on any atom is -0.490 e. The van der Waals surface area contributed by atoms with Gasteiger partial charge in [0.15, 0.2) is 0 Å². The Hall–Kier alpha value is -2.54. The highest BCUT2D eigenvalue weighted by Gasteiger charge is 2.35. The number of carbonyl (C=O) groups is 1. The maximum Gasteiger partial charge on any atom is 0.223 e. The Morgan fingerprint density at radius 1 is 1.32 bits per heavy atom. The maximum atomic E-state index is 12.7. The summed E-state index contributed by atoms with van der Waals surface area (Å²) in [6.45, 7) is 1.03. The molecule has 132 valence electrons. The molecule has 0 aromatic carbocycles. The van der Waals surface area contributed by atoms with E-state index in [1.807, 2.05) is 23.1 Å². The first-order valence-corrected chi connectivity index (χ1v) is 8.36. The van der Waals surface area contributed by atoms with E-state index in [-0.39, 0.29) is 18.1 Å². The molecule has 2 aromatic rings. The standard InChI is InChI=1S/C18H22N4O3/c1-24-17-9-15(12-25-16-3-2-7-19-10-16)22(11-17)18(23)5-4-14-6-8-20-13-21-14/h2-3,6-8,10,13,15,17H,4-5,9,11-12H2,1H3/t15-,17+/m0/s1. The number of amides is 1. The van der Waals surface area contributed by atoms with Gasteiger partial charge in [-0.1, -0.05) is 0 Å². The molecule has 0 unspecified atom stereocenters. The van der Waals surface area contributed by atoms with Crippen molar-refractivity contribution in [1.82, 2.24) is 19.9 Å². The van der Waals surface area contributed by atoms with Crippen LogP contribution in [-0.2, 0) is 16.0 Å². The van der Waals surface area contributed by atoms with Crippen LogP contribution >= 0.6 is 0 Å². The quantitative estimate of drug-likeness (QED) is 0.759. The number of rotatable bonds is 7. The van der Waals surface area contributed by atoms with Crippen molar-refractivity contribution in [3.8, 4) is 5.75 Å². The summed E-state index contributed by atoms with van der Waals surface area (Å²) in [5.74, 6) is 0.801. The van der Waals surface area contributed by atoms with Crippen LogP contribution in [0.15, 0.2) is 43.1 Å². The summed E-state index contributed by atoms with van der Waals surface area (Å²) in [5, 5.41) is 0. The fourth-order valence-electron chi connectivity index (χ4n) is 2.98. The van der Waals surface area contributed by atoms with Gasteiger partial charge >= 0.3 is 0 Å². The molecule has 2 atom stereocenters. The van der Waals surface area contributed by atoms with Crippen LogP contribution in [0.2, 0.25) is 0 Å². The molecular formula is C18H22N4O3. The van der Waals surface area contributed by atoms with Gasteiger partial charge in [0.2, 0.25) is 5.91 Å². The summed E-state index contributed by atoms with van der Waals surface area (Å²) in [6, 6.07) is 5.52. The van der Waals surface area contributed by atoms with Gasteiger partial charge in [-0.25, -0.2) is 9.97 Å². The molecule has 3 heterocycles. The number of carbonyl (C=O) groups excluding carboxylic acids is 1. The molecule has 7 heteroatoms. The second-order valence-corrected chi connectivity index (χ2v) is 5.99. The van der Waals surface area contributed by atoms with Crippen molar-refractivity contribution < 1.29 is 14.3 Å². The lowest BCUT2D eigenvalue weighted by Gasteiger charge is -2.24. The zero-order chi connectivity index (χ0) is 17.5. The van der Waals surface area contributed by atoms with E-state index in [1.54, 1.807) is 25.7 Å². The molecule has 1 aliphatic heterocycles. The normalized spacial score (nSPS) is 19.8. The predicted molar refractivity (Wildman–Crippen MR) is 91.0 cm³/mol. The number of methoxy groups -OCH3 is 1. The van der Waals surface area contributed by atoms with Gasteiger partial charge in [0.25, 0.3) is 0 Å². The number of hydrogen-bond acceptors (Lipinski definition) is 6. The molecule has 0 bridgehead atoms. The van der Waals surface area contributed by atoms with Crippen LogP contribution in [0.1, 0.15) is 18.5 Å². The van der Waals surface area contributed by atoms with Crippen molar-refractivity contribution in [3.63, 3.8) is 0 Å². The van der Waals surface area contributed by atoms with Gasteiger partial charge in [0.05, 0.1) is 18.3 Å². The number of aromatic nitrogens is 3. The second kappa shape index (κ2) is 8.53. The third kappa shape index (κ3) is 4.73. The molecule has 1 aliphatic rings. The Morgan fingerprint density at radius 3 is 2.96 bits per heavy atom. The molecule has 0 saturated carbocycles. The fraction of sp³-hybridized carbons (Fsp3) is 0.444. The minimum atomic E-state index is 0.00283. The number of nitrogens with zero attached hydrogens (tertiary/aromatic N) is 4. The molecule has 2 aromatic heterocycles. The summed E-state index contributed by atoms with van der Waals surface area (Å²) in [4.78, 5) is 26.6. The fourth-order valence-corrected chi connectivity index (χ4v) is 2.98. The second-order valence-electron chi connectivity index (χ2n) is 5.99. The minimum absolute atomic E-state index is 0.00283. The van der Waals surface area contributed by atoms with Crippen LogP contribution in [0, 0.1) is 0 Å². The van der Waals surface area contributed by atoms with E-state index in [0.29, 0.717) is 31.7 Å². The molecule has 1 fully saturated rings. The molecule has 1 amide bonds. The van der Waals surface area contributed by atoms with Crippen LogP contribution in [-0.4, -0.2) is 58.2 Å². The molecule has 3 rings (SSSR count). The molecule has 0 radical (unpaired) electrons. The van der Waals surface area contributed by atoms with E-state index in [4.69, 9.17) is 9.47 Å². The first kappa shape index (κ1) is 17.3.